The van der Waals surface area contributed by atoms with Gasteiger partial charge in [-0.05, 0) is 29.8 Å². The number of carbonyl (C=O) groups excluding carboxylic acids is 1. The summed E-state index contributed by atoms with van der Waals surface area (Å²) in [6.45, 7) is 0. The fraction of sp³-hybridized carbons (Fsp3) is 0.167. The van der Waals surface area contributed by atoms with Gasteiger partial charge in [-0.1, -0.05) is 24.3 Å². The van der Waals surface area contributed by atoms with E-state index in [0.717, 1.165) is 18.2 Å². The number of allylic oxidation sites excluding steroid dienone is 1. The number of alkyl halides is 3. The van der Waals surface area contributed by atoms with Crippen LogP contribution in [0.3, 0.4) is 0 Å². The van der Waals surface area contributed by atoms with Crippen LogP contribution in [0.2, 0.25) is 0 Å². The molecule has 0 saturated heterocycles. The second-order valence-corrected chi connectivity index (χ2v) is 4.85. The van der Waals surface area contributed by atoms with Gasteiger partial charge < -0.3 is 9.47 Å². The van der Waals surface area contributed by atoms with Gasteiger partial charge in [-0.15, -0.1) is 0 Å². The molecule has 0 aliphatic heterocycles. The molecule has 0 N–H and O–H groups in total. The largest absolute Gasteiger partial charge is 0.497 e. The minimum Gasteiger partial charge on any atom is -0.497 e. The van der Waals surface area contributed by atoms with Gasteiger partial charge in [0, 0.05) is 6.07 Å². The Hall–Kier alpha value is -2.76. The summed E-state index contributed by atoms with van der Waals surface area (Å²) in [5.74, 6) is 0.328. The van der Waals surface area contributed by atoms with Gasteiger partial charge in [-0.25, -0.2) is 0 Å². The summed E-state index contributed by atoms with van der Waals surface area (Å²) in [6, 6.07) is 9.66. The average Bonchev–Trinajstić information content (AvgIpc) is 2.58. The van der Waals surface area contributed by atoms with Crippen LogP contribution in [-0.4, -0.2) is 20.0 Å². The number of methoxy groups -OCH3 is 2. The highest BCUT2D eigenvalue weighted by Crippen LogP contribution is 2.32. The summed E-state index contributed by atoms with van der Waals surface area (Å²) >= 11 is 0. The van der Waals surface area contributed by atoms with Crippen LogP contribution in [0.4, 0.5) is 13.2 Å². The molecule has 2 rings (SSSR count). The van der Waals surface area contributed by atoms with Crippen molar-refractivity contribution in [2.75, 3.05) is 14.2 Å². The van der Waals surface area contributed by atoms with E-state index in [-0.39, 0.29) is 16.9 Å². The molecule has 0 fully saturated rings. The van der Waals surface area contributed by atoms with E-state index < -0.39 is 17.5 Å². The Labute approximate surface area is 137 Å². The first-order valence-electron chi connectivity index (χ1n) is 6.97. The molecule has 3 nitrogen and oxygen atoms in total. The Morgan fingerprint density at radius 3 is 2.38 bits per heavy atom. The number of hydrogen-bond acceptors (Lipinski definition) is 3. The number of benzene rings is 2. The maximum atomic E-state index is 12.9. The molecule has 2 aromatic rings. The zero-order chi connectivity index (χ0) is 17.7. The number of hydrogen-bond donors (Lipinski definition) is 0. The second-order valence-electron chi connectivity index (χ2n) is 4.85. The lowest BCUT2D eigenvalue weighted by Gasteiger charge is -2.10. The standard InChI is InChI=1S/C18H15F3O3/c1-23-13-8-9-14(17(11-13)24-2)16(22)10-7-12-5-3-4-6-15(12)18(19,20)21/h3-11H,1-2H3/b10-7-. The zero-order valence-electron chi connectivity index (χ0n) is 13.1. The Balaban J connectivity index is 2.33. The number of ketones is 1. The summed E-state index contributed by atoms with van der Waals surface area (Å²) in [5.41, 5.74) is -0.638. The molecule has 0 amide bonds. The third-order valence-electron chi connectivity index (χ3n) is 3.35. The van der Waals surface area contributed by atoms with Crippen molar-refractivity contribution in [2.24, 2.45) is 0 Å². The predicted molar refractivity (Wildman–Crippen MR) is 84.4 cm³/mol. The molecular formula is C18H15F3O3. The molecule has 24 heavy (non-hydrogen) atoms. The normalized spacial score (nSPS) is 11.5. The summed E-state index contributed by atoms with van der Waals surface area (Å²) in [6.07, 6.45) is -2.24. The van der Waals surface area contributed by atoms with Crippen molar-refractivity contribution < 1.29 is 27.4 Å². The second kappa shape index (κ2) is 7.21. The predicted octanol–water partition coefficient (Wildman–Crippen LogP) is 4.62. The van der Waals surface area contributed by atoms with Crippen LogP contribution in [0, 0.1) is 0 Å². The molecule has 126 valence electrons. The van der Waals surface area contributed by atoms with Crippen LogP contribution in [0.5, 0.6) is 11.5 Å². The maximum absolute atomic E-state index is 12.9. The molecular weight excluding hydrogens is 321 g/mol. The van der Waals surface area contributed by atoms with E-state index in [1.165, 1.54) is 44.6 Å². The fourth-order valence-electron chi connectivity index (χ4n) is 2.16. The smallest absolute Gasteiger partial charge is 0.416 e. The summed E-state index contributed by atoms with van der Waals surface area (Å²) < 4.78 is 49.0. The van der Waals surface area contributed by atoms with Gasteiger partial charge in [-0.2, -0.15) is 13.2 Å². The Bertz CT molecular complexity index is 764. The molecule has 0 radical (unpaired) electrons. The van der Waals surface area contributed by atoms with Crippen LogP contribution in [-0.2, 0) is 6.18 Å². The number of carbonyl (C=O) groups is 1. The lowest BCUT2D eigenvalue weighted by molar-refractivity contribution is -0.137. The molecule has 0 aromatic heterocycles. The number of ether oxygens (including phenoxy) is 2. The molecule has 0 unspecified atom stereocenters. The van der Waals surface area contributed by atoms with Crippen molar-refractivity contribution in [3.05, 3.63) is 65.2 Å². The SMILES string of the molecule is COc1ccc(C(=O)/C=C\c2ccccc2C(F)(F)F)c(OC)c1. The van der Waals surface area contributed by atoms with Gasteiger partial charge in [0.1, 0.15) is 11.5 Å². The van der Waals surface area contributed by atoms with Gasteiger partial charge in [0.2, 0.25) is 0 Å². The van der Waals surface area contributed by atoms with E-state index in [1.54, 1.807) is 6.07 Å². The number of rotatable bonds is 5. The van der Waals surface area contributed by atoms with Crippen molar-refractivity contribution in [2.45, 2.75) is 6.18 Å². The van der Waals surface area contributed by atoms with Crippen LogP contribution in [0.15, 0.2) is 48.5 Å². The monoisotopic (exact) mass is 336 g/mol. The lowest BCUT2D eigenvalue weighted by atomic mass is 10.0. The molecule has 0 bridgehead atoms. The minimum absolute atomic E-state index is 0.0779. The highest BCUT2D eigenvalue weighted by molar-refractivity contribution is 6.08. The van der Waals surface area contributed by atoms with Crippen molar-refractivity contribution in [1.29, 1.82) is 0 Å². The molecule has 0 atom stereocenters. The van der Waals surface area contributed by atoms with Crippen LogP contribution >= 0.6 is 0 Å². The van der Waals surface area contributed by atoms with Crippen molar-refractivity contribution >= 4 is 11.9 Å². The quantitative estimate of drug-likeness (QED) is 0.590. The Kier molecular flexibility index (Phi) is 5.28. The van der Waals surface area contributed by atoms with Gasteiger partial charge in [0.05, 0.1) is 25.3 Å². The van der Waals surface area contributed by atoms with E-state index in [9.17, 15) is 18.0 Å². The first-order valence-corrected chi connectivity index (χ1v) is 6.97. The van der Waals surface area contributed by atoms with E-state index in [2.05, 4.69) is 0 Å². The first-order chi connectivity index (χ1) is 11.4. The molecule has 0 aliphatic carbocycles. The van der Waals surface area contributed by atoms with Crippen molar-refractivity contribution in [1.82, 2.24) is 0 Å². The van der Waals surface area contributed by atoms with Gasteiger partial charge in [-0.3, -0.25) is 4.79 Å². The topological polar surface area (TPSA) is 35.5 Å². The van der Waals surface area contributed by atoms with Gasteiger partial charge >= 0.3 is 6.18 Å². The van der Waals surface area contributed by atoms with Crippen LogP contribution < -0.4 is 9.47 Å². The van der Waals surface area contributed by atoms with Gasteiger partial charge in [0.25, 0.3) is 0 Å². The summed E-state index contributed by atoms with van der Waals surface area (Å²) in [7, 11) is 2.87. The summed E-state index contributed by atoms with van der Waals surface area (Å²) in [5, 5.41) is 0. The summed E-state index contributed by atoms with van der Waals surface area (Å²) in [4.78, 5) is 12.3. The number of halogens is 3. The third-order valence-corrected chi connectivity index (χ3v) is 3.35. The molecule has 0 spiro atoms. The van der Waals surface area contributed by atoms with Crippen molar-refractivity contribution in [3.8, 4) is 11.5 Å². The van der Waals surface area contributed by atoms with E-state index in [0.29, 0.717) is 5.75 Å². The van der Waals surface area contributed by atoms with Gasteiger partial charge in [0.15, 0.2) is 5.78 Å². The molecule has 0 saturated carbocycles. The lowest BCUT2D eigenvalue weighted by Crippen LogP contribution is -2.07. The zero-order valence-corrected chi connectivity index (χ0v) is 13.1. The van der Waals surface area contributed by atoms with Crippen LogP contribution in [0.25, 0.3) is 6.08 Å². The highest BCUT2D eigenvalue weighted by Gasteiger charge is 2.32. The maximum Gasteiger partial charge on any atom is 0.416 e. The molecule has 0 aliphatic rings. The third kappa shape index (κ3) is 3.95. The fourth-order valence-corrected chi connectivity index (χ4v) is 2.16. The Morgan fingerprint density at radius 1 is 1.04 bits per heavy atom. The Morgan fingerprint density at radius 2 is 1.75 bits per heavy atom. The van der Waals surface area contributed by atoms with Crippen LogP contribution in [0.1, 0.15) is 21.5 Å². The van der Waals surface area contributed by atoms with Crippen molar-refractivity contribution in [3.63, 3.8) is 0 Å². The molecule has 0 heterocycles. The highest BCUT2D eigenvalue weighted by atomic mass is 19.4. The molecule has 2 aromatic carbocycles. The van der Waals surface area contributed by atoms with E-state index in [1.807, 2.05) is 0 Å². The first kappa shape index (κ1) is 17.6. The average molecular weight is 336 g/mol. The minimum atomic E-state index is -4.48. The van der Waals surface area contributed by atoms with E-state index in [4.69, 9.17) is 9.47 Å². The molecule has 6 heteroatoms. The van der Waals surface area contributed by atoms with E-state index >= 15 is 0 Å².